The molecule has 0 saturated carbocycles. The predicted octanol–water partition coefficient (Wildman–Crippen LogP) is -3.68. The zero-order valence-electron chi connectivity index (χ0n) is 11.1. The minimum atomic E-state index is -5.39. The molecule has 14 heteroatoms. The van der Waals surface area contributed by atoms with Crippen LogP contribution in [0.5, 0.6) is 0 Å². The van der Waals surface area contributed by atoms with Gasteiger partial charge in [-0.3, -0.25) is 0 Å². The van der Waals surface area contributed by atoms with Gasteiger partial charge in [-0.15, -0.1) is 0 Å². The highest BCUT2D eigenvalue weighted by Gasteiger charge is 1.85. The van der Waals surface area contributed by atoms with E-state index in [-0.39, 0.29) is 30.8 Å². The molecule has 0 aromatic carbocycles. The maximum absolute atomic E-state index is 9.50. The SMILES string of the molecule is O=C([O-])CCC(=O)[O-].O=P([O-])([O-])[O-].[NH4+].[NH4+].[NH4+].[NH4+].[NH4+]. The van der Waals surface area contributed by atoms with Crippen molar-refractivity contribution < 1.29 is 39.0 Å². The molecule has 0 fully saturated rings. The van der Waals surface area contributed by atoms with Crippen molar-refractivity contribution in [2.75, 3.05) is 0 Å². The Hall–Kier alpha value is -1.15. The molecule has 0 amide bonds. The van der Waals surface area contributed by atoms with Gasteiger partial charge in [0.1, 0.15) is 0 Å². The lowest BCUT2D eigenvalue weighted by Crippen LogP contribution is -2.27. The van der Waals surface area contributed by atoms with Crippen molar-refractivity contribution >= 4 is 19.8 Å². The highest BCUT2D eigenvalue weighted by Crippen LogP contribution is 2.03. The van der Waals surface area contributed by atoms with Crippen LogP contribution in [0.1, 0.15) is 12.8 Å². The largest absolute Gasteiger partial charge is 0.822 e. The third kappa shape index (κ3) is 192. The second kappa shape index (κ2) is 21.2. The Morgan fingerprint density at radius 2 is 0.833 bits per heavy atom. The van der Waals surface area contributed by atoms with Crippen LogP contribution in [0.2, 0.25) is 0 Å². The molecular weight excluding hydrogens is 277 g/mol. The first kappa shape index (κ1) is 43.6. The summed E-state index contributed by atoms with van der Waals surface area (Å²) >= 11 is 0. The molecule has 0 atom stereocenters. The van der Waals surface area contributed by atoms with E-state index in [1.807, 2.05) is 0 Å². The molecule has 0 saturated heterocycles. The Balaban J connectivity index is -0.0000000222. The molecule has 0 aliphatic heterocycles. The molecule has 0 aromatic rings. The van der Waals surface area contributed by atoms with E-state index in [1.165, 1.54) is 0 Å². The number of hydrogen-bond acceptors (Lipinski definition) is 8. The Bertz CT molecular complexity index is 209. The summed E-state index contributed by atoms with van der Waals surface area (Å²) in [5.74, 6) is -2.73. The van der Waals surface area contributed by atoms with E-state index in [1.54, 1.807) is 0 Å². The average molecular weight is 301 g/mol. The van der Waals surface area contributed by atoms with Crippen LogP contribution < -0.4 is 55.6 Å². The number of hydrogen-bond donors (Lipinski definition) is 5. The number of aliphatic carboxylic acids is 2. The molecule has 0 spiro atoms. The van der Waals surface area contributed by atoms with Gasteiger partial charge >= 0.3 is 0 Å². The van der Waals surface area contributed by atoms with Crippen molar-refractivity contribution in [2.45, 2.75) is 12.8 Å². The maximum Gasteiger partial charge on any atom is 0.0418 e. The number of carboxylic acids is 2. The summed E-state index contributed by atoms with van der Waals surface area (Å²) in [7, 11) is -5.39. The van der Waals surface area contributed by atoms with Gasteiger partial charge in [0.25, 0.3) is 0 Å². The van der Waals surface area contributed by atoms with Crippen molar-refractivity contribution in [2.24, 2.45) is 0 Å². The second-order valence-electron chi connectivity index (χ2n) is 1.69. The number of carbonyl (C=O) groups is 2. The van der Waals surface area contributed by atoms with Gasteiger partial charge in [0.05, 0.1) is 0 Å². The molecule has 118 valence electrons. The number of carboxylic acid groups (broad SMARTS) is 2. The fourth-order valence-electron chi connectivity index (χ4n) is 0.204. The maximum atomic E-state index is 9.50. The second-order valence-corrected chi connectivity index (χ2v) is 2.59. The lowest BCUT2D eigenvalue weighted by Gasteiger charge is -2.36. The summed E-state index contributed by atoms with van der Waals surface area (Å²) < 4.78 is 8.55. The van der Waals surface area contributed by atoms with Gasteiger partial charge in [-0.25, -0.2) is 0 Å². The van der Waals surface area contributed by atoms with E-state index in [0.29, 0.717) is 0 Å². The molecule has 0 radical (unpaired) electrons. The summed E-state index contributed by atoms with van der Waals surface area (Å²) in [4.78, 5) is 44.6. The van der Waals surface area contributed by atoms with Gasteiger partial charge in [-0.05, 0) is 12.8 Å². The normalized spacial score (nSPS) is 7.06. The quantitative estimate of drug-likeness (QED) is 0.322. The Morgan fingerprint density at radius 3 is 0.889 bits per heavy atom. The van der Waals surface area contributed by atoms with Crippen molar-refractivity contribution in [1.82, 2.24) is 30.8 Å². The van der Waals surface area contributed by atoms with Crippen LogP contribution in [-0.4, -0.2) is 11.9 Å². The van der Waals surface area contributed by atoms with Crippen LogP contribution in [0.25, 0.3) is 0 Å². The summed E-state index contributed by atoms with van der Waals surface area (Å²) in [5.41, 5.74) is 0. The average Bonchev–Trinajstić information content (AvgIpc) is 1.79. The minimum absolute atomic E-state index is 0. The Kier molecular flexibility index (Phi) is 51.3. The van der Waals surface area contributed by atoms with Crippen LogP contribution in [0.4, 0.5) is 0 Å². The smallest absolute Gasteiger partial charge is 0.0418 e. The lowest BCUT2D eigenvalue weighted by atomic mass is 10.3. The number of carbonyl (C=O) groups excluding carboxylic acids is 2. The first-order chi connectivity index (χ1) is 5.63. The third-order valence-corrected chi connectivity index (χ3v) is 0.533. The fraction of sp³-hybridized carbons (Fsp3) is 0.500. The molecule has 0 aliphatic carbocycles. The number of rotatable bonds is 3. The standard InChI is InChI=1S/C4H6O4.5H3N.H3O4P/c5-3(6)1-2-4(7)8;;;;;;1-5(2,3)4/h1-2H2,(H,5,6)(H,7,8);5*1H3;(H3,1,2,3,4). The molecule has 13 nitrogen and oxygen atoms in total. The lowest BCUT2D eigenvalue weighted by molar-refractivity contribution is -0.432. The summed E-state index contributed by atoms with van der Waals surface area (Å²) in [6.07, 6.45) is -0.940. The van der Waals surface area contributed by atoms with Crippen LogP contribution in [-0.2, 0) is 14.2 Å². The summed E-state index contributed by atoms with van der Waals surface area (Å²) in [6.45, 7) is 0. The van der Waals surface area contributed by atoms with Crippen molar-refractivity contribution in [3.05, 3.63) is 0 Å². The number of quaternary nitrogens is 5. The molecule has 0 rings (SSSR count). The van der Waals surface area contributed by atoms with E-state index < -0.39 is 32.6 Å². The van der Waals surface area contributed by atoms with Crippen molar-refractivity contribution in [3.8, 4) is 0 Å². The Labute approximate surface area is 103 Å². The predicted molar refractivity (Wildman–Crippen MR) is 56.8 cm³/mol. The van der Waals surface area contributed by atoms with E-state index in [9.17, 15) is 19.8 Å². The highest BCUT2D eigenvalue weighted by atomic mass is 31.2. The number of phosphoric acid groups is 1. The van der Waals surface area contributed by atoms with Crippen molar-refractivity contribution in [1.29, 1.82) is 0 Å². The molecule has 0 heterocycles. The van der Waals surface area contributed by atoms with Gasteiger partial charge in [-0.2, -0.15) is 7.82 Å². The van der Waals surface area contributed by atoms with E-state index >= 15 is 0 Å². The van der Waals surface area contributed by atoms with Gasteiger partial charge in [0.15, 0.2) is 0 Å². The summed E-state index contributed by atoms with van der Waals surface area (Å²) in [5, 5.41) is 19.0. The molecule has 0 unspecified atom stereocenters. The van der Waals surface area contributed by atoms with Crippen molar-refractivity contribution in [3.63, 3.8) is 0 Å². The van der Waals surface area contributed by atoms with E-state index in [4.69, 9.17) is 19.2 Å². The molecule has 0 aromatic heterocycles. The molecule has 20 N–H and O–H groups in total. The van der Waals surface area contributed by atoms with E-state index in [2.05, 4.69) is 0 Å². The molecule has 0 aliphatic rings. The topological polar surface area (TPSA) is 349 Å². The van der Waals surface area contributed by atoms with Crippen LogP contribution in [0.15, 0.2) is 0 Å². The van der Waals surface area contributed by atoms with Crippen LogP contribution in [0, 0.1) is 0 Å². The van der Waals surface area contributed by atoms with E-state index in [0.717, 1.165) is 0 Å². The van der Waals surface area contributed by atoms with Gasteiger partial charge in [0.2, 0.25) is 0 Å². The van der Waals surface area contributed by atoms with Gasteiger partial charge < -0.3 is 69.8 Å². The summed E-state index contributed by atoms with van der Waals surface area (Å²) in [6, 6.07) is 0. The monoisotopic (exact) mass is 301 g/mol. The van der Waals surface area contributed by atoms with Gasteiger partial charge in [-0.1, -0.05) is 0 Å². The zero-order chi connectivity index (χ0) is 11.1. The Morgan fingerprint density at radius 1 is 0.722 bits per heavy atom. The highest BCUT2D eigenvalue weighted by molar-refractivity contribution is 7.40. The first-order valence-electron chi connectivity index (χ1n) is 2.75. The zero-order valence-corrected chi connectivity index (χ0v) is 12.0. The third-order valence-electron chi connectivity index (χ3n) is 0.533. The minimum Gasteiger partial charge on any atom is -0.822 e. The van der Waals surface area contributed by atoms with Crippen LogP contribution >= 0.6 is 7.82 Å². The van der Waals surface area contributed by atoms with Gasteiger partial charge in [0, 0.05) is 11.9 Å². The molecular formula is C4H24N5O8P. The molecule has 18 heavy (non-hydrogen) atoms. The van der Waals surface area contributed by atoms with Crippen LogP contribution in [0.3, 0.4) is 0 Å². The fourth-order valence-corrected chi connectivity index (χ4v) is 0.204. The molecule has 0 bridgehead atoms. The first-order valence-corrected chi connectivity index (χ1v) is 4.21.